The van der Waals surface area contributed by atoms with E-state index in [2.05, 4.69) is 15.5 Å². The zero-order chi connectivity index (χ0) is 16.2. The molecular formula is C17H23N3O3. The number of rotatable bonds is 4. The molecule has 23 heavy (non-hydrogen) atoms. The predicted octanol–water partition coefficient (Wildman–Crippen LogP) is 2.08. The molecule has 4 rings (SSSR count). The van der Waals surface area contributed by atoms with Gasteiger partial charge in [0.25, 0.3) is 5.91 Å². The van der Waals surface area contributed by atoms with Crippen molar-refractivity contribution in [3.05, 3.63) is 29.8 Å². The Kier molecular flexibility index (Phi) is 4.81. The van der Waals surface area contributed by atoms with Crippen LogP contribution in [-0.2, 0) is 4.74 Å². The minimum absolute atomic E-state index is 0.142. The van der Waals surface area contributed by atoms with Gasteiger partial charge >= 0.3 is 6.09 Å². The second-order valence-electron chi connectivity index (χ2n) is 6.11. The van der Waals surface area contributed by atoms with E-state index in [9.17, 15) is 9.59 Å². The summed E-state index contributed by atoms with van der Waals surface area (Å²) < 4.78 is 4.88. The topological polar surface area (TPSA) is 70.7 Å². The molecule has 3 heterocycles. The number of para-hydroxylation sites is 1. The van der Waals surface area contributed by atoms with Crippen molar-refractivity contribution in [1.29, 1.82) is 0 Å². The van der Waals surface area contributed by atoms with Crippen LogP contribution in [0.15, 0.2) is 24.3 Å². The number of benzene rings is 1. The van der Waals surface area contributed by atoms with Crippen LogP contribution >= 0.6 is 0 Å². The molecule has 2 bridgehead atoms. The predicted molar refractivity (Wildman–Crippen MR) is 87.5 cm³/mol. The Balaban J connectivity index is 1.68. The number of nitrogens with zero attached hydrogens (tertiary/aromatic N) is 1. The lowest BCUT2D eigenvalue weighted by atomic mass is 9.84. The van der Waals surface area contributed by atoms with Crippen molar-refractivity contribution in [3.63, 3.8) is 0 Å². The first-order valence-electron chi connectivity index (χ1n) is 8.23. The first kappa shape index (κ1) is 15.8. The molecule has 3 fully saturated rings. The second-order valence-corrected chi connectivity index (χ2v) is 6.11. The maximum Gasteiger partial charge on any atom is 0.411 e. The number of carbonyl (C=O) groups excluding carboxylic acids is 2. The molecule has 1 unspecified atom stereocenters. The molecule has 0 aromatic heterocycles. The van der Waals surface area contributed by atoms with Crippen LogP contribution in [0.2, 0.25) is 0 Å². The number of anilines is 1. The molecule has 0 aliphatic carbocycles. The van der Waals surface area contributed by atoms with Crippen LogP contribution in [0, 0.1) is 5.92 Å². The maximum absolute atomic E-state index is 12.6. The molecule has 0 spiro atoms. The van der Waals surface area contributed by atoms with Crippen LogP contribution in [0.3, 0.4) is 0 Å². The van der Waals surface area contributed by atoms with Crippen molar-refractivity contribution in [1.82, 2.24) is 10.2 Å². The van der Waals surface area contributed by atoms with E-state index >= 15 is 0 Å². The SMILES string of the molecule is CCOC(=O)Nc1ccccc1C(=O)NC1CN2CCC1CC2. The smallest absolute Gasteiger partial charge is 0.411 e. The van der Waals surface area contributed by atoms with Crippen LogP contribution in [0.5, 0.6) is 0 Å². The Morgan fingerprint density at radius 2 is 2.00 bits per heavy atom. The molecule has 6 heteroatoms. The van der Waals surface area contributed by atoms with E-state index in [4.69, 9.17) is 4.74 Å². The third-order valence-electron chi connectivity index (χ3n) is 4.66. The number of hydrogen-bond donors (Lipinski definition) is 2. The van der Waals surface area contributed by atoms with Crippen LogP contribution in [0.1, 0.15) is 30.1 Å². The average Bonchev–Trinajstić information content (AvgIpc) is 2.56. The van der Waals surface area contributed by atoms with Gasteiger partial charge in [-0.2, -0.15) is 0 Å². The van der Waals surface area contributed by atoms with Crippen molar-refractivity contribution in [2.75, 3.05) is 31.6 Å². The molecule has 1 aromatic rings. The van der Waals surface area contributed by atoms with Crippen LogP contribution < -0.4 is 10.6 Å². The fourth-order valence-corrected chi connectivity index (χ4v) is 3.44. The average molecular weight is 317 g/mol. The Labute approximate surface area is 136 Å². The van der Waals surface area contributed by atoms with Crippen LogP contribution in [-0.4, -0.2) is 49.2 Å². The number of carbonyl (C=O) groups is 2. The van der Waals surface area contributed by atoms with Crippen molar-refractivity contribution in [3.8, 4) is 0 Å². The van der Waals surface area contributed by atoms with E-state index in [0.29, 0.717) is 23.8 Å². The van der Waals surface area contributed by atoms with Gasteiger partial charge in [-0.15, -0.1) is 0 Å². The Morgan fingerprint density at radius 1 is 1.26 bits per heavy atom. The molecule has 2 amide bonds. The number of hydrogen-bond acceptors (Lipinski definition) is 4. The monoisotopic (exact) mass is 317 g/mol. The van der Waals surface area contributed by atoms with Gasteiger partial charge in [-0.05, 0) is 50.9 Å². The first-order valence-corrected chi connectivity index (χ1v) is 8.23. The van der Waals surface area contributed by atoms with Gasteiger partial charge in [0.05, 0.1) is 17.9 Å². The molecule has 2 N–H and O–H groups in total. The number of piperidine rings is 3. The highest BCUT2D eigenvalue weighted by atomic mass is 16.5. The van der Waals surface area contributed by atoms with Crippen molar-refractivity contribution < 1.29 is 14.3 Å². The van der Waals surface area contributed by atoms with Crippen molar-refractivity contribution >= 4 is 17.7 Å². The summed E-state index contributed by atoms with van der Waals surface area (Å²) in [6, 6.07) is 7.20. The van der Waals surface area contributed by atoms with Crippen LogP contribution in [0.4, 0.5) is 10.5 Å². The van der Waals surface area contributed by atoms with E-state index in [1.807, 2.05) is 0 Å². The Bertz CT molecular complexity index is 582. The zero-order valence-electron chi connectivity index (χ0n) is 13.4. The largest absolute Gasteiger partial charge is 0.450 e. The van der Waals surface area contributed by atoms with E-state index in [1.165, 1.54) is 0 Å². The molecule has 0 saturated carbocycles. The van der Waals surface area contributed by atoms with Gasteiger partial charge in [0.15, 0.2) is 0 Å². The summed E-state index contributed by atoms with van der Waals surface area (Å²) in [5, 5.41) is 5.77. The summed E-state index contributed by atoms with van der Waals surface area (Å²) in [7, 11) is 0. The van der Waals surface area contributed by atoms with Crippen LogP contribution in [0.25, 0.3) is 0 Å². The van der Waals surface area contributed by atoms with Gasteiger partial charge in [0, 0.05) is 12.6 Å². The molecule has 1 aromatic carbocycles. The van der Waals surface area contributed by atoms with Gasteiger partial charge in [-0.3, -0.25) is 10.1 Å². The van der Waals surface area contributed by atoms with E-state index < -0.39 is 6.09 Å². The number of ether oxygens (including phenoxy) is 1. The minimum Gasteiger partial charge on any atom is -0.450 e. The highest BCUT2D eigenvalue weighted by Gasteiger charge is 2.35. The molecular weight excluding hydrogens is 294 g/mol. The summed E-state index contributed by atoms with van der Waals surface area (Å²) in [4.78, 5) is 26.6. The van der Waals surface area contributed by atoms with E-state index in [-0.39, 0.29) is 11.9 Å². The third-order valence-corrected chi connectivity index (χ3v) is 4.66. The minimum atomic E-state index is -0.546. The highest BCUT2D eigenvalue weighted by Crippen LogP contribution is 2.28. The summed E-state index contributed by atoms with van der Waals surface area (Å²) in [5.74, 6) is 0.422. The lowest BCUT2D eigenvalue weighted by Crippen LogP contribution is -2.57. The first-order chi connectivity index (χ1) is 11.2. The second kappa shape index (κ2) is 7.00. The highest BCUT2D eigenvalue weighted by molar-refractivity contribution is 6.02. The molecule has 3 aliphatic rings. The third kappa shape index (κ3) is 3.64. The Hall–Kier alpha value is -2.08. The number of fused-ring (bicyclic) bond motifs is 3. The van der Waals surface area contributed by atoms with Gasteiger partial charge in [0.1, 0.15) is 0 Å². The lowest BCUT2D eigenvalue weighted by Gasteiger charge is -2.44. The van der Waals surface area contributed by atoms with Crippen molar-refractivity contribution in [2.24, 2.45) is 5.92 Å². The molecule has 124 valence electrons. The van der Waals surface area contributed by atoms with Gasteiger partial charge in [0.2, 0.25) is 0 Å². The molecule has 6 nitrogen and oxygen atoms in total. The molecule has 0 radical (unpaired) electrons. The van der Waals surface area contributed by atoms with Gasteiger partial charge in [-0.1, -0.05) is 12.1 Å². The quantitative estimate of drug-likeness (QED) is 0.892. The number of nitrogens with one attached hydrogen (secondary N) is 2. The fourth-order valence-electron chi connectivity index (χ4n) is 3.44. The van der Waals surface area contributed by atoms with E-state index in [0.717, 1.165) is 32.5 Å². The van der Waals surface area contributed by atoms with Gasteiger partial charge in [-0.25, -0.2) is 4.79 Å². The zero-order valence-corrected chi connectivity index (χ0v) is 13.4. The fraction of sp³-hybridized carbons (Fsp3) is 0.529. The summed E-state index contributed by atoms with van der Waals surface area (Å²) in [6.07, 6.45) is 1.75. The number of amides is 2. The lowest BCUT2D eigenvalue weighted by molar-refractivity contribution is 0.0621. The van der Waals surface area contributed by atoms with E-state index in [1.54, 1.807) is 31.2 Å². The summed E-state index contributed by atoms with van der Waals surface area (Å²) >= 11 is 0. The summed E-state index contributed by atoms with van der Waals surface area (Å²) in [6.45, 7) is 5.23. The van der Waals surface area contributed by atoms with Gasteiger partial charge < -0.3 is 15.0 Å². The standard InChI is InChI=1S/C17H23N3O3/c1-2-23-17(22)19-14-6-4-3-5-13(14)16(21)18-15-11-20-9-7-12(15)8-10-20/h3-6,12,15H,2,7-11H2,1H3,(H,18,21)(H,19,22). The normalized spacial score (nSPS) is 25.7. The maximum atomic E-state index is 12.6. The Morgan fingerprint density at radius 3 is 2.65 bits per heavy atom. The molecule has 1 atom stereocenters. The van der Waals surface area contributed by atoms with Crippen molar-refractivity contribution in [2.45, 2.75) is 25.8 Å². The molecule has 3 aliphatic heterocycles. The summed E-state index contributed by atoms with van der Waals surface area (Å²) in [5.41, 5.74) is 0.946. The molecule has 3 saturated heterocycles.